The molecule has 0 saturated carbocycles. The average Bonchev–Trinajstić information content (AvgIpc) is 2.64. The summed E-state index contributed by atoms with van der Waals surface area (Å²) in [6.45, 7) is 13.5. The zero-order chi connectivity index (χ0) is 25.1. The molecule has 2 atom stereocenters. The monoisotopic (exact) mass is 462 g/mol. The molecule has 4 N–H and O–H groups in total. The fraction of sp³-hybridized carbons (Fsp3) is 0.640. The van der Waals surface area contributed by atoms with Crippen LogP contribution in [0, 0.1) is 0 Å². The molecule has 0 spiro atoms. The maximum Gasteiger partial charge on any atom is 0.408 e. The molecular formula is C25H42N4O4. The number of benzene rings is 1. The van der Waals surface area contributed by atoms with Crippen LogP contribution in [0.1, 0.15) is 73.3 Å². The van der Waals surface area contributed by atoms with Crippen molar-refractivity contribution >= 4 is 18.0 Å². The average molecular weight is 463 g/mol. The summed E-state index contributed by atoms with van der Waals surface area (Å²) in [5, 5.41) is 11.3. The van der Waals surface area contributed by atoms with Gasteiger partial charge in [0.25, 0.3) is 0 Å². The van der Waals surface area contributed by atoms with Crippen LogP contribution in [0.25, 0.3) is 0 Å². The van der Waals surface area contributed by atoms with Crippen molar-refractivity contribution in [2.75, 3.05) is 6.54 Å². The van der Waals surface area contributed by atoms with E-state index in [-0.39, 0.29) is 23.5 Å². The van der Waals surface area contributed by atoms with Crippen LogP contribution < -0.4 is 21.3 Å². The van der Waals surface area contributed by atoms with Gasteiger partial charge in [0.05, 0.1) is 0 Å². The number of alkyl carbamates (subject to hydrolysis) is 1. The second kappa shape index (κ2) is 13.1. The molecule has 1 aromatic carbocycles. The van der Waals surface area contributed by atoms with Crippen LogP contribution in [0.5, 0.6) is 0 Å². The van der Waals surface area contributed by atoms with Crippen molar-refractivity contribution in [1.29, 1.82) is 0 Å². The lowest BCUT2D eigenvalue weighted by Gasteiger charge is -2.24. The molecule has 1 rings (SSSR count). The number of unbranched alkanes of at least 4 members (excludes halogenated alkanes) is 1. The number of hydrogen-bond donors (Lipinski definition) is 4. The Kier molecular flexibility index (Phi) is 11.2. The number of ether oxygens (including phenoxy) is 1. The van der Waals surface area contributed by atoms with E-state index in [1.165, 1.54) is 0 Å². The lowest BCUT2D eigenvalue weighted by atomic mass is 10.1. The summed E-state index contributed by atoms with van der Waals surface area (Å²) in [5.74, 6) is -0.247. The lowest BCUT2D eigenvalue weighted by molar-refractivity contribution is -0.124. The predicted molar refractivity (Wildman–Crippen MR) is 131 cm³/mol. The number of urea groups is 1. The Morgan fingerprint density at radius 3 is 2.15 bits per heavy atom. The van der Waals surface area contributed by atoms with E-state index in [0.29, 0.717) is 32.2 Å². The van der Waals surface area contributed by atoms with Gasteiger partial charge < -0.3 is 26.0 Å². The molecule has 0 fully saturated rings. The van der Waals surface area contributed by atoms with Crippen LogP contribution in [-0.2, 0) is 16.0 Å². The van der Waals surface area contributed by atoms with E-state index in [4.69, 9.17) is 4.74 Å². The van der Waals surface area contributed by atoms with E-state index in [9.17, 15) is 14.4 Å². The Labute approximate surface area is 198 Å². The minimum Gasteiger partial charge on any atom is -0.444 e. The van der Waals surface area contributed by atoms with E-state index >= 15 is 0 Å². The van der Waals surface area contributed by atoms with Gasteiger partial charge in [0.2, 0.25) is 5.91 Å². The van der Waals surface area contributed by atoms with Gasteiger partial charge in [-0.05, 0) is 79.7 Å². The molecule has 8 nitrogen and oxygen atoms in total. The third-order valence-electron chi connectivity index (χ3n) is 4.47. The Hall–Kier alpha value is -2.77. The summed E-state index contributed by atoms with van der Waals surface area (Å²) >= 11 is 0. The summed E-state index contributed by atoms with van der Waals surface area (Å²) in [5.41, 5.74) is 0.165. The van der Waals surface area contributed by atoms with Gasteiger partial charge in [-0.3, -0.25) is 4.79 Å². The van der Waals surface area contributed by atoms with Crippen molar-refractivity contribution in [1.82, 2.24) is 21.3 Å². The van der Waals surface area contributed by atoms with Crippen molar-refractivity contribution in [2.45, 2.75) is 97.4 Å². The zero-order valence-corrected chi connectivity index (χ0v) is 21.2. The first-order chi connectivity index (χ1) is 15.2. The Morgan fingerprint density at radius 2 is 1.58 bits per heavy atom. The van der Waals surface area contributed by atoms with Crippen LogP contribution in [0.15, 0.2) is 30.3 Å². The second-order valence-corrected chi connectivity index (χ2v) is 10.4. The van der Waals surface area contributed by atoms with Crippen LogP contribution >= 0.6 is 0 Å². The number of nitrogens with one attached hydrogen (secondary N) is 4. The zero-order valence-electron chi connectivity index (χ0n) is 21.2. The van der Waals surface area contributed by atoms with E-state index < -0.39 is 17.7 Å². The Morgan fingerprint density at radius 1 is 0.939 bits per heavy atom. The molecule has 0 radical (unpaired) electrons. The number of carbonyl (C=O) groups is 3. The maximum absolute atomic E-state index is 12.9. The van der Waals surface area contributed by atoms with Crippen molar-refractivity contribution in [3.05, 3.63) is 35.9 Å². The molecule has 8 heteroatoms. The Bertz CT molecular complexity index is 754. The minimum atomic E-state index is -0.721. The Balaban J connectivity index is 2.59. The number of rotatable bonds is 10. The topological polar surface area (TPSA) is 109 Å². The summed E-state index contributed by atoms with van der Waals surface area (Å²) < 4.78 is 5.33. The molecule has 0 aliphatic carbocycles. The van der Waals surface area contributed by atoms with Gasteiger partial charge in [0.15, 0.2) is 0 Å². The molecule has 0 aromatic heterocycles. The molecule has 0 aliphatic rings. The normalized spacial score (nSPS) is 13.4. The molecule has 33 heavy (non-hydrogen) atoms. The van der Waals surface area contributed by atoms with Gasteiger partial charge in [-0.1, -0.05) is 30.3 Å². The molecular weight excluding hydrogens is 420 g/mol. The maximum atomic E-state index is 12.9. The van der Waals surface area contributed by atoms with Crippen LogP contribution in [-0.4, -0.2) is 47.8 Å². The minimum absolute atomic E-state index is 0.0920. The first-order valence-corrected chi connectivity index (χ1v) is 11.6. The van der Waals surface area contributed by atoms with Crippen molar-refractivity contribution in [2.24, 2.45) is 0 Å². The van der Waals surface area contributed by atoms with E-state index in [0.717, 1.165) is 5.56 Å². The molecule has 0 bridgehead atoms. The largest absolute Gasteiger partial charge is 0.444 e. The first-order valence-electron chi connectivity index (χ1n) is 11.6. The SMILES string of the molecule is CC(Cc1ccccc1)NC(=O)C(CCCCNC(=O)NC(C)(C)C)NC(=O)OC(C)(C)C. The quantitative estimate of drug-likeness (QED) is 0.396. The van der Waals surface area contributed by atoms with Crippen LogP contribution in [0.4, 0.5) is 9.59 Å². The van der Waals surface area contributed by atoms with Crippen molar-refractivity contribution < 1.29 is 19.1 Å². The molecule has 186 valence electrons. The summed E-state index contributed by atoms with van der Waals surface area (Å²) in [4.78, 5) is 37.0. The molecule has 1 aromatic rings. The number of hydrogen-bond acceptors (Lipinski definition) is 4. The number of carbonyl (C=O) groups excluding carboxylic acids is 3. The van der Waals surface area contributed by atoms with E-state index in [1.54, 1.807) is 20.8 Å². The van der Waals surface area contributed by atoms with Gasteiger partial charge in [-0.25, -0.2) is 9.59 Å². The summed E-state index contributed by atoms with van der Waals surface area (Å²) in [6, 6.07) is 8.88. The summed E-state index contributed by atoms with van der Waals surface area (Å²) in [7, 11) is 0. The number of amides is 4. The smallest absolute Gasteiger partial charge is 0.408 e. The molecule has 2 unspecified atom stereocenters. The van der Waals surface area contributed by atoms with Crippen molar-refractivity contribution in [3.8, 4) is 0 Å². The highest BCUT2D eigenvalue weighted by atomic mass is 16.6. The fourth-order valence-corrected chi connectivity index (χ4v) is 3.14. The first kappa shape index (κ1) is 28.3. The highest BCUT2D eigenvalue weighted by Crippen LogP contribution is 2.09. The van der Waals surface area contributed by atoms with Crippen molar-refractivity contribution in [3.63, 3.8) is 0 Å². The van der Waals surface area contributed by atoms with Gasteiger partial charge in [0, 0.05) is 18.1 Å². The standard InChI is InChI=1S/C25H42N4O4/c1-18(17-19-13-9-8-10-14-19)27-21(30)20(28-23(32)33-25(5,6)7)15-11-12-16-26-22(31)29-24(2,3)4/h8-10,13-14,18,20H,11-12,15-17H2,1-7H3,(H,27,30)(H,28,32)(H2,26,29,31). The molecule has 0 heterocycles. The molecule has 4 amide bonds. The highest BCUT2D eigenvalue weighted by Gasteiger charge is 2.25. The van der Waals surface area contributed by atoms with Gasteiger partial charge >= 0.3 is 12.1 Å². The second-order valence-electron chi connectivity index (χ2n) is 10.4. The van der Waals surface area contributed by atoms with Gasteiger partial charge in [-0.2, -0.15) is 0 Å². The third kappa shape index (κ3) is 14.1. The van der Waals surface area contributed by atoms with E-state index in [1.807, 2.05) is 58.0 Å². The lowest BCUT2D eigenvalue weighted by Crippen LogP contribution is -2.50. The molecule has 0 aliphatic heterocycles. The van der Waals surface area contributed by atoms with E-state index in [2.05, 4.69) is 21.3 Å². The highest BCUT2D eigenvalue weighted by molar-refractivity contribution is 5.85. The van der Waals surface area contributed by atoms with Crippen LogP contribution in [0.3, 0.4) is 0 Å². The van der Waals surface area contributed by atoms with Gasteiger partial charge in [0.1, 0.15) is 11.6 Å². The van der Waals surface area contributed by atoms with Crippen LogP contribution in [0.2, 0.25) is 0 Å². The summed E-state index contributed by atoms with van der Waals surface area (Å²) in [6.07, 6.45) is 1.83. The predicted octanol–water partition coefficient (Wildman–Crippen LogP) is 3.90. The third-order valence-corrected chi connectivity index (χ3v) is 4.47. The molecule has 0 saturated heterocycles. The fourth-order valence-electron chi connectivity index (χ4n) is 3.14. The van der Waals surface area contributed by atoms with Gasteiger partial charge in [-0.15, -0.1) is 0 Å².